The molecule has 1 saturated carbocycles. The number of nitrogens with zero attached hydrogens (tertiary/aromatic N) is 2. The van der Waals surface area contributed by atoms with E-state index < -0.39 is 16.0 Å². The second kappa shape index (κ2) is 8.82. The van der Waals surface area contributed by atoms with E-state index in [9.17, 15) is 17.6 Å². The number of hydrogen-bond acceptors (Lipinski definition) is 4. The van der Waals surface area contributed by atoms with Crippen LogP contribution in [0.4, 0.5) is 4.39 Å². The average Bonchev–Trinajstić information content (AvgIpc) is 3.19. The van der Waals surface area contributed by atoms with E-state index >= 15 is 0 Å². The van der Waals surface area contributed by atoms with Crippen molar-refractivity contribution < 1.29 is 22.7 Å². The zero-order valence-corrected chi connectivity index (χ0v) is 20.9. The number of allylic oxidation sites excluding steroid dienone is 2. The van der Waals surface area contributed by atoms with Crippen molar-refractivity contribution in [1.29, 1.82) is 0 Å². The number of aromatic nitrogens is 1. The first-order valence-electron chi connectivity index (χ1n) is 12.2. The summed E-state index contributed by atoms with van der Waals surface area (Å²) in [4.78, 5) is 15.2. The Labute approximate surface area is 205 Å². The van der Waals surface area contributed by atoms with E-state index in [0.717, 1.165) is 47.5 Å². The van der Waals surface area contributed by atoms with Crippen LogP contribution < -0.4 is 0 Å². The van der Waals surface area contributed by atoms with Crippen molar-refractivity contribution in [2.24, 2.45) is 17.3 Å². The van der Waals surface area contributed by atoms with Crippen molar-refractivity contribution in [2.45, 2.75) is 56.3 Å². The molecule has 3 aliphatic rings. The van der Waals surface area contributed by atoms with Gasteiger partial charge in [0.05, 0.1) is 17.5 Å². The predicted molar refractivity (Wildman–Crippen MR) is 131 cm³/mol. The van der Waals surface area contributed by atoms with Gasteiger partial charge in [-0.2, -0.15) is 0 Å². The Morgan fingerprint density at radius 3 is 2.80 bits per heavy atom. The van der Waals surface area contributed by atoms with Gasteiger partial charge in [0.2, 0.25) is 10.0 Å². The maximum Gasteiger partial charge on any atom is 0.304 e. The van der Waals surface area contributed by atoms with Gasteiger partial charge in [-0.05, 0) is 95.7 Å². The Morgan fingerprint density at radius 1 is 1.26 bits per heavy atom. The number of rotatable bonds is 6. The summed E-state index contributed by atoms with van der Waals surface area (Å²) >= 11 is 0. The van der Waals surface area contributed by atoms with E-state index in [-0.39, 0.29) is 29.1 Å². The lowest BCUT2D eigenvalue weighted by atomic mass is 9.54. The van der Waals surface area contributed by atoms with Crippen LogP contribution in [0.5, 0.6) is 0 Å². The summed E-state index contributed by atoms with van der Waals surface area (Å²) < 4.78 is 41.0. The van der Waals surface area contributed by atoms with E-state index in [0.29, 0.717) is 17.8 Å². The van der Waals surface area contributed by atoms with E-state index in [2.05, 4.69) is 18.0 Å². The molecule has 0 aliphatic heterocycles. The van der Waals surface area contributed by atoms with Crippen LogP contribution in [0.15, 0.2) is 47.6 Å². The minimum Gasteiger partial charge on any atom is -0.481 e. The number of carbonyl (C=O) groups is 1. The Bertz CT molecular complexity index is 1310. The third-order valence-electron chi connectivity index (χ3n) is 8.64. The summed E-state index contributed by atoms with van der Waals surface area (Å²) in [6.07, 6.45) is 9.86. The molecule has 0 amide bonds. The maximum atomic E-state index is 13.9. The highest BCUT2D eigenvalue weighted by Crippen LogP contribution is 2.63. The van der Waals surface area contributed by atoms with Gasteiger partial charge in [0.25, 0.3) is 0 Å². The van der Waals surface area contributed by atoms with Crippen LogP contribution in [0.2, 0.25) is 0 Å². The minimum atomic E-state index is -3.74. The van der Waals surface area contributed by atoms with Crippen LogP contribution in [0.25, 0.3) is 5.57 Å². The molecule has 0 spiro atoms. The normalized spacial score (nSPS) is 27.7. The fraction of sp³-hybridized carbons (Fsp3) is 0.481. The summed E-state index contributed by atoms with van der Waals surface area (Å²) in [5.41, 5.74) is 4.42. The lowest BCUT2D eigenvalue weighted by molar-refractivity contribution is -0.137. The van der Waals surface area contributed by atoms with Gasteiger partial charge in [-0.3, -0.25) is 9.78 Å². The van der Waals surface area contributed by atoms with Crippen LogP contribution in [0.3, 0.4) is 0 Å². The SMILES string of the molecule is CN(CCC(=O)O)S(=O)(=O)c1ccc2c(c1)CCC1C2CC[C@]2(C)C(c3cncc(F)c3)=CCC12. The zero-order chi connectivity index (χ0) is 25.0. The molecule has 4 atom stereocenters. The molecule has 6 nitrogen and oxygen atoms in total. The highest BCUT2D eigenvalue weighted by atomic mass is 32.2. The average molecular weight is 499 g/mol. The van der Waals surface area contributed by atoms with Crippen LogP contribution in [-0.4, -0.2) is 42.4 Å². The summed E-state index contributed by atoms with van der Waals surface area (Å²) in [7, 11) is -2.31. The molecule has 5 rings (SSSR count). The predicted octanol–water partition coefficient (Wildman–Crippen LogP) is 4.87. The summed E-state index contributed by atoms with van der Waals surface area (Å²) in [5, 5.41) is 8.90. The van der Waals surface area contributed by atoms with Gasteiger partial charge in [-0.1, -0.05) is 19.1 Å². The number of aryl methyl sites for hydroxylation is 1. The number of benzene rings is 1. The van der Waals surface area contributed by atoms with Gasteiger partial charge in [0.1, 0.15) is 5.82 Å². The quantitative estimate of drug-likeness (QED) is 0.614. The molecule has 35 heavy (non-hydrogen) atoms. The Hall–Kier alpha value is -2.58. The topological polar surface area (TPSA) is 87.6 Å². The molecule has 1 aromatic carbocycles. The molecule has 186 valence electrons. The van der Waals surface area contributed by atoms with Crippen molar-refractivity contribution in [3.63, 3.8) is 0 Å². The molecule has 0 saturated heterocycles. The van der Waals surface area contributed by atoms with Crippen molar-refractivity contribution in [3.8, 4) is 0 Å². The molecular weight excluding hydrogens is 467 g/mol. The monoisotopic (exact) mass is 498 g/mol. The fourth-order valence-electron chi connectivity index (χ4n) is 6.85. The van der Waals surface area contributed by atoms with Gasteiger partial charge in [0.15, 0.2) is 0 Å². The van der Waals surface area contributed by atoms with Crippen molar-refractivity contribution in [1.82, 2.24) is 9.29 Å². The summed E-state index contributed by atoms with van der Waals surface area (Å²) in [6.45, 7) is 2.26. The third kappa shape index (κ3) is 4.10. The largest absolute Gasteiger partial charge is 0.481 e. The molecule has 1 aromatic heterocycles. The molecule has 2 aromatic rings. The molecule has 8 heteroatoms. The number of sulfonamides is 1. The second-order valence-electron chi connectivity index (χ2n) is 10.4. The molecule has 1 fully saturated rings. The smallest absolute Gasteiger partial charge is 0.304 e. The van der Waals surface area contributed by atoms with E-state index in [4.69, 9.17) is 5.11 Å². The van der Waals surface area contributed by atoms with E-state index in [1.54, 1.807) is 24.4 Å². The zero-order valence-electron chi connectivity index (χ0n) is 20.1. The lowest BCUT2D eigenvalue weighted by Crippen LogP contribution is -2.41. The maximum absolute atomic E-state index is 13.9. The molecule has 3 unspecified atom stereocenters. The fourth-order valence-corrected chi connectivity index (χ4v) is 8.07. The summed E-state index contributed by atoms with van der Waals surface area (Å²) in [5.74, 6) is 0.0216. The van der Waals surface area contributed by atoms with Crippen LogP contribution in [0.1, 0.15) is 61.6 Å². The standard InChI is InChI=1S/C27H31FN2O4S/c1-27-11-9-22-21-6-4-20(35(33,34)30(2)12-10-26(31)32)14-17(21)3-5-23(22)25(27)8-7-24(27)18-13-19(28)16-29-15-18/h4,6-7,13-16,22-23,25H,3,5,8-12H2,1-2H3,(H,31,32)/t22?,23?,25?,27-/m1/s1. The Balaban J connectivity index is 1.39. The van der Waals surface area contributed by atoms with E-state index in [1.165, 1.54) is 24.4 Å². The number of aliphatic carboxylic acids is 1. The second-order valence-corrected chi connectivity index (χ2v) is 12.5. The number of carboxylic acids is 1. The Kier molecular flexibility index (Phi) is 6.08. The Morgan fingerprint density at radius 2 is 2.06 bits per heavy atom. The van der Waals surface area contributed by atoms with Gasteiger partial charge in [-0.15, -0.1) is 0 Å². The van der Waals surface area contributed by atoms with Gasteiger partial charge in [0, 0.05) is 19.8 Å². The van der Waals surface area contributed by atoms with Crippen LogP contribution in [-0.2, 0) is 21.2 Å². The lowest BCUT2D eigenvalue weighted by Gasteiger charge is -2.50. The molecule has 0 radical (unpaired) electrons. The van der Waals surface area contributed by atoms with Crippen molar-refractivity contribution >= 4 is 21.6 Å². The first kappa shape index (κ1) is 24.1. The first-order chi connectivity index (χ1) is 16.6. The van der Waals surface area contributed by atoms with Gasteiger partial charge in [-0.25, -0.2) is 17.1 Å². The highest BCUT2D eigenvalue weighted by molar-refractivity contribution is 7.89. The minimum absolute atomic E-state index is 0.00965. The van der Waals surface area contributed by atoms with Crippen molar-refractivity contribution in [2.75, 3.05) is 13.6 Å². The van der Waals surface area contributed by atoms with Gasteiger partial charge < -0.3 is 5.11 Å². The number of pyridine rings is 1. The number of halogens is 1. The van der Waals surface area contributed by atoms with Crippen LogP contribution >= 0.6 is 0 Å². The number of hydrogen-bond donors (Lipinski definition) is 1. The van der Waals surface area contributed by atoms with Gasteiger partial charge >= 0.3 is 5.97 Å². The molecule has 0 bridgehead atoms. The van der Waals surface area contributed by atoms with Crippen molar-refractivity contribution in [3.05, 3.63) is 65.2 Å². The highest BCUT2D eigenvalue weighted by Gasteiger charge is 2.52. The number of carboxylic acid groups (broad SMARTS) is 1. The molecule has 1 N–H and O–H groups in total. The molecular formula is C27H31FN2O4S. The van der Waals surface area contributed by atoms with Crippen LogP contribution in [0, 0.1) is 23.1 Å². The summed E-state index contributed by atoms with van der Waals surface area (Å²) in [6, 6.07) is 7.04. The molecule has 1 heterocycles. The first-order valence-corrected chi connectivity index (χ1v) is 13.7. The third-order valence-corrected chi connectivity index (χ3v) is 10.5. The molecule has 3 aliphatic carbocycles. The number of fused-ring (bicyclic) bond motifs is 5. The van der Waals surface area contributed by atoms with E-state index in [1.807, 2.05) is 6.07 Å².